The lowest BCUT2D eigenvalue weighted by Crippen LogP contribution is -2.40. The molecule has 1 aliphatic rings. The number of hydrogen-bond donors (Lipinski definition) is 0. The lowest BCUT2D eigenvalue weighted by molar-refractivity contribution is -0.145. The first-order chi connectivity index (χ1) is 23.6. The van der Waals surface area contributed by atoms with Crippen molar-refractivity contribution in [1.29, 1.82) is 0 Å². The fourth-order valence-electron chi connectivity index (χ4n) is 4.94. The van der Waals surface area contributed by atoms with Crippen LogP contribution in [-0.4, -0.2) is 69.2 Å². The third-order valence-corrected chi connectivity index (χ3v) is 8.21. The number of fused-ring (bicyclic) bond motifs is 1. The van der Waals surface area contributed by atoms with Gasteiger partial charge in [-0.15, -0.1) is 0 Å². The van der Waals surface area contributed by atoms with Gasteiger partial charge in [-0.05, 0) is 76.1 Å². The van der Waals surface area contributed by atoms with Crippen LogP contribution in [-0.2, 0) is 28.6 Å². The van der Waals surface area contributed by atoms with Gasteiger partial charge < -0.3 is 33.2 Å². The number of esters is 3. The first kappa shape index (κ1) is 37.0. The minimum atomic E-state index is -0.937. The van der Waals surface area contributed by atoms with E-state index in [9.17, 15) is 19.2 Å². The van der Waals surface area contributed by atoms with Gasteiger partial charge in [0.2, 0.25) is 0 Å². The molecule has 0 spiro atoms. The van der Waals surface area contributed by atoms with E-state index in [1.165, 1.54) is 11.7 Å². The molecule has 3 aromatic rings. The zero-order chi connectivity index (χ0) is 35.7. The molecule has 1 atom stereocenters. The molecule has 0 saturated heterocycles. The second-order valence-corrected chi connectivity index (χ2v) is 11.6. The summed E-state index contributed by atoms with van der Waals surface area (Å²) < 4.78 is 39.5. The molecule has 1 aromatic heterocycles. The normalized spacial score (nSPS) is 14.0. The Kier molecular flexibility index (Phi) is 12.9. The van der Waals surface area contributed by atoms with Crippen LogP contribution >= 0.6 is 22.9 Å². The average molecular weight is 717 g/mol. The summed E-state index contributed by atoms with van der Waals surface area (Å²) in [4.78, 5) is 56.1. The average Bonchev–Trinajstić information content (AvgIpc) is 3.36. The number of aromatic nitrogens is 1. The zero-order valence-electron chi connectivity index (χ0n) is 28.0. The number of allylic oxidation sites excluding steroid dienone is 1. The highest BCUT2D eigenvalue weighted by molar-refractivity contribution is 7.07. The van der Waals surface area contributed by atoms with E-state index < -0.39 is 29.5 Å². The molecule has 4 rings (SSSR count). The maximum atomic E-state index is 14.2. The van der Waals surface area contributed by atoms with E-state index in [1.54, 1.807) is 71.0 Å². The van der Waals surface area contributed by atoms with Crippen LogP contribution in [0.4, 0.5) is 0 Å². The lowest BCUT2D eigenvalue weighted by Gasteiger charge is -2.25. The summed E-state index contributed by atoms with van der Waals surface area (Å²) >= 11 is 7.69. The number of rotatable bonds is 15. The number of hydrogen-bond acceptors (Lipinski definition) is 13. The topological polar surface area (TPSA) is 150 Å². The molecule has 0 N–H and O–H groups in total. The van der Waals surface area contributed by atoms with Crippen molar-refractivity contribution in [2.24, 2.45) is 4.99 Å². The van der Waals surface area contributed by atoms with Gasteiger partial charge in [0.1, 0.15) is 0 Å². The van der Waals surface area contributed by atoms with Crippen LogP contribution in [0.3, 0.4) is 0 Å². The smallest absolute Gasteiger partial charge is 0.344 e. The van der Waals surface area contributed by atoms with E-state index in [1.807, 2.05) is 0 Å². The molecule has 49 heavy (non-hydrogen) atoms. The molecule has 0 bridgehead atoms. The molecule has 0 aliphatic carbocycles. The van der Waals surface area contributed by atoms with E-state index >= 15 is 0 Å². The molecular weight excluding hydrogens is 680 g/mol. The molecule has 262 valence electrons. The van der Waals surface area contributed by atoms with E-state index in [4.69, 9.17) is 40.0 Å². The van der Waals surface area contributed by atoms with Gasteiger partial charge >= 0.3 is 17.9 Å². The second kappa shape index (κ2) is 17.0. The van der Waals surface area contributed by atoms with Crippen molar-refractivity contribution in [3.05, 3.63) is 77.4 Å². The summed E-state index contributed by atoms with van der Waals surface area (Å²) in [5.74, 6) is -0.752. The minimum absolute atomic E-state index is 0.111. The van der Waals surface area contributed by atoms with Gasteiger partial charge in [-0.25, -0.2) is 19.4 Å². The number of nitrogens with zero attached hydrogens (tertiary/aromatic N) is 2. The summed E-state index contributed by atoms with van der Waals surface area (Å²) in [5, 5.41) is 0.158. The Bertz CT molecular complexity index is 1930. The summed E-state index contributed by atoms with van der Waals surface area (Å²) in [5.41, 5.74) is 1.17. The first-order valence-corrected chi connectivity index (χ1v) is 16.7. The van der Waals surface area contributed by atoms with Crippen molar-refractivity contribution in [1.82, 2.24) is 4.57 Å². The number of benzene rings is 2. The van der Waals surface area contributed by atoms with Crippen molar-refractivity contribution in [3.8, 4) is 23.0 Å². The van der Waals surface area contributed by atoms with Gasteiger partial charge in [0.05, 0.1) is 60.4 Å². The van der Waals surface area contributed by atoms with Crippen LogP contribution in [0.5, 0.6) is 23.0 Å². The van der Waals surface area contributed by atoms with Gasteiger partial charge in [0.25, 0.3) is 5.56 Å². The van der Waals surface area contributed by atoms with Gasteiger partial charge in [0.15, 0.2) is 41.0 Å². The van der Waals surface area contributed by atoms with Crippen molar-refractivity contribution < 1.29 is 47.5 Å². The van der Waals surface area contributed by atoms with Crippen LogP contribution in [0.15, 0.2) is 51.4 Å². The van der Waals surface area contributed by atoms with E-state index in [2.05, 4.69) is 9.73 Å². The molecule has 13 nitrogen and oxygen atoms in total. The number of thiazole rings is 1. The molecule has 2 aromatic carbocycles. The summed E-state index contributed by atoms with van der Waals surface area (Å²) in [6, 6.07) is 7.21. The molecule has 1 aliphatic heterocycles. The highest BCUT2D eigenvalue weighted by Gasteiger charge is 2.34. The van der Waals surface area contributed by atoms with Crippen LogP contribution in [0, 0.1) is 0 Å². The van der Waals surface area contributed by atoms with Gasteiger partial charge in [-0.2, -0.15) is 0 Å². The summed E-state index contributed by atoms with van der Waals surface area (Å²) in [7, 11) is 1.25. The zero-order valence-corrected chi connectivity index (χ0v) is 29.5. The SMILES string of the molecule is CCOC(=O)COc1c(Cl)cc(/C=c2\sc3n(c2=O)[C@@H](c2ccc(OCC(=O)OC)c(OCC)c2)C(C(=O)OCC)=C(C)N=3)cc1OCC. The van der Waals surface area contributed by atoms with Crippen LogP contribution in [0.25, 0.3) is 6.08 Å². The first-order valence-electron chi connectivity index (χ1n) is 15.5. The predicted octanol–water partition coefficient (Wildman–Crippen LogP) is 3.74. The third kappa shape index (κ3) is 8.62. The summed E-state index contributed by atoms with van der Waals surface area (Å²) in [6.45, 7) is 8.80. The molecule has 0 fully saturated rings. The minimum Gasteiger partial charge on any atom is -0.490 e. The van der Waals surface area contributed by atoms with E-state index in [0.717, 1.165) is 11.3 Å². The molecule has 15 heteroatoms. The molecule has 0 amide bonds. The Morgan fingerprint density at radius 2 is 1.57 bits per heavy atom. The lowest BCUT2D eigenvalue weighted by atomic mass is 9.95. The molecule has 0 radical (unpaired) electrons. The van der Waals surface area contributed by atoms with Crippen LogP contribution < -0.4 is 33.8 Å². The Morgan fingerprint density at radius 3 is 2.24 bits per heavy atom. The van der Waals surface area contributed by atoms with Crippen molar-refractivity contribution in [2.45, 2.75) is 40.7 Å². The van der Waals surface area contributed by atoms with Crippen molar-refractivity contribution >= 4 is 46.9 Å². The number of carbonyl (C=O) groups excluding carboxylic acids is 3. The van der Waals surface area contributed by atoms with Gasteiger partial charge in [-0.3, -0.25) is 9.36 Å². The Labute approximate surface area is 291 Å². The Morgan fingerprint density at radius 1 is 0.878 bits per heavy atom. The molecular formula is C34H37ClN2O11S. The molecule has 2 heterocycles. The van der Waals surface area contributed by atoms with E-state index in [-0.39, 0.29) is 67.5 Å². The van der Waals surface area contributed by atoms with Crippen molar-refractivity contribution in [2.75, 3.05) is 46.8 Å². The summed E-state index contributed by atoms with van der Waals surface area (Å²) in [6.07, 6.45) is 1.63. The number of methoxy groups -OCH3 is 1. The Balaban J connectivity index is 1.85. The monoisotopic (exact) mass is 716 g/mol. The highest BCUT2D eigenvalue weighted by Crippen LogP contribution is 2.38. The number of halogens is 1. The predicted molar refractivity (Wildman–Crippen MR) is 180 cm³/mol. The fraction of sp³-hybridized carbons (Fsp3) is 0.382. The van der Waals surface area contributed by atoms with Crippen molar-refractivity contribution in [3.63, 3.8) is 0 Å². The number of carbonyl (C=O) groups is 3. The number of ether oxygens (including phenoxy) is 7. The van der Waals surface area contributed by atoms with E-state index in [0.29, 0.717) is 31.9 Å². The Hall–Kier alpha value is -4.82. The van der Waals surface area contributed by atoms with Crippen LogP contribution in [0.1, 0.15) is 51.8 Å². The van der Waals surface area contributed by atoms with Gasteiger partial charge in [0, 0.05) is 0 Å². The highest BCUT2D eigenvalue weighted by atomic mass is 35.5. The maximum absolute atomic E-state index is 14.2. The largest absolute Gasteiger partial charge is 0.490 e. The standard InChI is InChI=1S/C34H37ClN2O11S/c1-7-43-24-16-21(11-12-23(24)47-17-27(38)42-6)30-29(33(41)46-10-4)19(5)36-34-37(30)32(40)26(49-34)15-20-13-22(35)31(25(14-20)44-8-2)48-18-28(39)45-9-3/h11-16,30H,7-10,17-18H2,1-6H3/b26-15-/t30-/m0/s1. The quantitative estimate of drug-likeness (QED) is 0.167. The van der Waals surface area contributed by atoms with Crippen LogP contribution in [0.2, 0.25) is 5.02 Å². The second-order valence-electron chi connectivity index (χ2n) is 10.2. The van der Waals surface area contributed by atoms with Gasteiger partial charge in [-0.1, -0.05) is 29.0 Å². The fourth-order valence-corrected chi connectivity index (χ4v) is 6.26. The molecule has 0 saturated carbocycles. The third-order valence-electron chi connectivity index (χ3n) is 6.94. The molecule has 0 unspecified atom stereocenters. The maximum Gasteiger partial charge on any atom is 0.344 e.